The first kappa shape index (κ1) is 15.0. The Kier molecular flexibility index (Phi) is 3.44. The summed E-state index contributed by atoms with van der Waals surface area (Å²) in [6, 6.07) is 14.1. The second-order valence-electron chi connectivity index (χ2n) is 6.60. The molecule has 0 radical (unpaired) electrons. The predicted molar refractivity (Wildman–Crippen MR) is 91.7 cm³/mol. The molecule has 2 aliphatic heterocycles. The van der Waals surface area contributed by atoms with Gasteiger partial charge in [-0.1, -0.05) is 37.3 Å². The number of furan rings is 1. The molecule has 0 spiro atoms. The Hall–Kier alpha value is -2.56. The zero-order valence-corrected chi connectivity index (χ0v) is 14.1. The van der Waals surface area contributed by atoms with Crippen LogP contribution in [0.25, 0.3) is 0 Å². The fourth-order valence-electron chi connectivity index (χ4n) is 3.69. The molecule has 3 heterocycles. The van der Waals surface area contributed by atoms with Crippen LogP contribution < -0.4 is 0 Å². The van der Waals surface area contributed by atoms with Crippen molar-refractivity contribution in [1.82, 2.24) is 9.80 Å². The number of aliphatic imine (C=N–C) groups is 1. The minimum atomic E-state index is -0.0116. The molecule has 124 valence electrons. The van der Waals surface area contributed by atoms with Gasteiger partial charge in [0.1, 0.15) is 17.6 Å². The predicted octanol–water partition coefficient (Wildman–Crippen LogP) is 3.87. The minimum Gasteiger partial charge on any atom is -0.467 e. The average Bonchev–Trinajstić information content (AvgIpc) is 3.19. The first-order valence-corrected chi connectivity index (χ1v) is 8.31. The van der Waals surface area contributed by atoms with Crippen molar-refractivity contribution in [3.8, 4) is 0 Å². The van der Waals surface area contributed by atoms with Crippen molar-refractivity contribution in [3.63, 3.8) is 0 Å². The molecule has 5 nitrogen and oxygen atoms in total. The number of hydrogen-bond acceptors (Lipinski definition) is 3. The van der Waals surface area contributed by atoms with E-state index < -0.39 is 0 Å². The molecule has 2 aliphatic rings. The molecule has 0 bridgehead atoms. The summed E-state index contributed by atoms with van der Waals surface area (Å²) in [5.41, 5.74) is 1.14. The van der Waals surface area contributed by atoms with Crippen molar-refractivity contribution in [2.45, 2.75) is 32.0 Å². The third kappa shape index (κ3) is 2.08. The quantitative estimate of drug-likeness (QED) is 0.842. The lowest BCUT2D eigenvalue weighted by atomic mass is 9.90. The molecule has 0 N–H and O–H groups in total. The van der Waals surface area contributed by atoms with Gasteiger partial charge in [-0.15, -0.1) is 0 Å². The summed E-state index contributed by atoms with van der Waals surface area (Å²) in [4.78, 5) is 21.2. The van der Waals surface area contributed by atoms with E-state index in [2.05, 4.69) is 26.0 Å². The fourth-order valence-corrected chi connectivity index (χ4v) is 3.69. The van der Waals surface area contributed by atoms with Crippen LogP contribution in [0.3, 0.4) is 0 Å². The highest BCUT2D eigenvalue weighted by molar-refractivity contribution is 6.03. The Labute approximate surface area is 141 Å². The molecular formula is C19H21N3O2. The molecule has 1 aromatic carbocycles. The molecule has 0 aliphatic carbocycles. The molecule has 0 unspecified atom stereocenters. The summed E-state index contributed by atoms with van der Waals surface area (Å²) in [5.74, 6) is 1.87. The Morgan fingerprint density at radius 3 is 2.46 bits per heavy atom. The van der Waals surface area contributed by atoms with E-state index in [-0.39, 0.29) is 30.1 Å². The summed E-state index contributed by atoms with van der Waals surface area (Å²) in [7, 11) is 1.86. The summed E-state index contributed by atoms with van der Waals surface area (Å²) >= 11 is 0. The minimum absolute atomic E-state index is 0.000403. The lowest BCUT2D eigenvalue weighted by molar-refractivity contribution is 0.205. The molecule has 24 heavy (non-hydrogen) atoms. The average molecular weight is 323 g/mol. The summed E-state index contributed by atoms with van der Waals surface area (Å²) in [6.07, 6.45) is 1.67. The van der Waals surface area contributed by atoms with Crippen LogP contribution >= 0.6 is 0 Å². The number of likely N-dealkylation sites (N-methyl/N-ethyl adjacent to an activating group) is 1. The van der Waals surface area contributed by atoms with Gasteiger partial charge >= 0.3 is 6.03 Å². The summed E-state index contributed by atoms with van der Waals surface area (Å²) in [5, 5.41) is 0. The fraction of sp³-hybridized carbons (Fsp3) is 0.368. The van der Waals surface area contributed by atoms with Crippen molar-refractivity contribution < 1.29 is 9.21 Å². The number of hydrogen-bond donors (Lipinski definition) is 0. The van der Waals surface area contributed by atoms with Gasteiger partial charge in [0.05, 0.1) is 18.3 Å². The molecular weight excluding hydrogens is 302 g/mol. The van der Waals surface area contributed by atoms with Gasteiger partial charge in [-0.2, -0.15) is 0 Å². The zero-order chi connectivity index (χ0) is 16.8. The van der Waals surface area contributed by atoms with E-state index in [1.807, 2.05) is 42.3 Å². The number of nitrogens with zero attached hydrogens (tertiary/aromatic N) is 3. The number of amidine groups is 1. The van der Waals surface area contributed by atoms with Crippen LogP contribution in [0.5, 0.6) is 0 Å². The van der Waals surface area contributed by atoms with Gasteiger partial charge in [-0.25, -0.2) is 4.79 Å². The van der Waals surface area contributed by atoms with Gasteiger partial charge in [0.25, 0.3) is 0 Å². The normalized spacial score (nSPS) is 29.6. The highest BCUT2D eigenvalue weighted by Gasteiger charge is 2.49. The molecule has 4 atom stereocenters. The molecule has 4 rings (SSSR count). The van der Waals surface area contributed by atoms with E-state index in [0.717, 1.165) is 17.2 Å². The van der Waals surface area contributed by atoms with Gasteiger partial charge in [-0.05, 0) is 24.6 Å². The summed E-state index contributed by atoms with van der Waals surface area (Å²) in [6.45, 7) is 4.19. The van der Waals surface area contributed by atoms with Crippen LogP contribution in [-0.4, -0.2) is 34.8 Å². The number of urea groups is 1. The molecule has 1 saturated heterocycles. The Bertz CT molecular complexity index is 769. The Morgan fingerprint density at radius 2 is 1.83 bits per heavy atom. The van der Waals surface area contributed by atoms with Crippen LogP contribution in [0.15, 0.2) is 58.1 Å². The second kappa shape index (κ2) is 5.51. The Balaban J connectivity index is 1.70. The maximum atomic E-state index is 12.8. The van der Waals surface area contributed by atoms with Crippen molar-refractivity contribution in [3.05, 3.63) is 60.1 Å². The van der Waals surface area contributed by atoms with E-state index in [1.54, 1.807) is 11.2 Å². The Morgan fingerprint density at radius 1 is 1.08 bits per heavy atom. The highest BCUT2D eigenvalue weighted by atomic mass is 16.3. The molecule has 1 aromatic heterocycles. The smallest absolute Gasteiger partial charge is 0.326 e. The van der Waals surface area contributed by atoms with Gasteiger partial charge in [-0.3, -0.25) is 9.89 Å². The van der Waals surface area contributed by atoms with Crippen LogP contribution in [0.1, 0.15) is 37.3 Å². The number of rotatable bonds is 2. The van der Waals surface area contributed by atoms with E-state index in [4.69, 9.17) is 9.41 Å². The van der Waals surface area contributed by atoms with E-state index >= 15 is 0 Å². The van der Waals surface area contributed by atoms with Crippen LogP contribution in [-0.2, 0) is 0 Å². The first-order chi connectivity index (χ1) is 11.6. The highest BCUT2D eigenvalue weighted by Crippen LogP contribution is 2.43. The van der Waals surface area contributed by atoms with Crippen molar-refractivity contribution in [2.24, 2.45) is 10.9 Å². The number of carbonyl (C=O) groups is 1. The molecule has 5 heteroatoms. The van der Waals surface area contributed by atoms with E-state index in [9.17, 15) is 4.79 Å². The van der Waals surface area contributed by atoms with Crippen molar-refractivity contribution >= 4 is 11.9 Å². The van der Waals surface area contributed by atoms with Crippen molar-refractivity contribution in [1.29, 1.82) is 0 Å². The molecule has 2 aromatic rings. The first-order valence-electron chi connectivity index (χ1n) is 8.31. The van der Waals surface area contributed by atoms with Gasteiger partial charge < -0.3 is 9.32 Å². The lowest BCUT2D eigenvalue weighted by Gasteiger charge is -2.38. The van der Waals surface area contributed by atoms with Crippen LogP contribution in [0.4, 0.5) is 4.79 Å². The lowest BCUT2D eigenvalue weighted by Crippen LogP contribution is -2.46. The topological polar surface area (TPSA) is 49.1 Å². The van der Waals surface area contributed by atoms with Gasteiger partial charge in [0.2, 0.25) is 0 Å². The standard InChI is InChI=1S/C19H21N3O2/c1-12-16(15-10-7-11-24-15)20-18(12)22-17(13(2)21(3)19(22)23)14-8-5-4-6-9-14/h4-13,16-17H,1-3H3/t12-,13-,16-,17-/m0/s1. The summed E-state index contributed by atoms with van der Waals surface area (Å²) < 4.78 is 5.48. The van der Waals surface area contributed by atoms with E-state index in [1.165, 1.54) is 0 Å². The third-order valence-corrected chi connectivity index (χ3v) is 5.23. The number of amides is 2. The SMILES string of the molecule is C[C@@H]1C(N2C(=O)N(C)[C@@H](C)[C@H]2c2ccccc2)=N[C@@H]1c1ccco1. The monoisotopic (exact) mass is 323 g/mol. The van der Waals surface area contributed by atoms with Crippen LogP contribution in [0, 0.1) is 5.92 Å². The van der Waals surface area contributed by atoms with Gasteiger partial charge in [0.15, 0.2) is 0 Å². The molecule has 1 fully saturated rings. The third-order valence-electron chi connectivity index (χ3n) is 5.23. The number of benzene rings is 1. The van der Waals surface area contributed by atoms with E-state index in [0.29, 0.717) is 0 Å². The largest absolute Gasteiger partial charge is 0.467 e. The maximum Gasteiger partial charge on any atom is 0.326 e. The number of carbonyl (C=O) groups excluding carboxylic acids is 1. The maximum absolute atomic E-state index is 12.8. The molecule has 0 saturated carbocycles. The second-order valence-corrected chi connectivity index (χ2v) is 6.60. The van der Waals surface area contributed by atoms with Crippen molar-refractivity contribution in [2.75, 3.05) is 7.05 Å². The van der Waals surface area contributed by atoms with Gasteiger partial charge in [0, 0.05) is 13.0 Å². The van der Waals surface area contributed by atoms with Crippen LogP contribution in [0.2, 0.25) is 0 Å². The zero-order valence-electron chi connectivity index (χ0n) is 14.1. The molecule has 2 amide bonds.